The topological polar surface area (TPSA) is 58.6 Å². The Bertz CT molecular complexity index is 691. The largest absolute Gasteiger partial charge is 0.363 e. The standard InChI is InChI=1S/C15H11FN2O3/c16-11-7-4-8-12-14(11)18(13(9-19)17-12)21-15(20)10-5-2-1-3-6-10/h1-9,13,17H. The molecule has 0 aliphatic carbocycles. The van der Waals surface area contributed by atoms with Gasteiger partial charge in [-0.3, -0.25) is 4.79 Å². The second-order valence-electron chi connectivity index (χ2n) is 4.43. The van der Waals surface area contributed by atoms with Gasteiger partial charge < -0.3 is 10.2 Å². The van der Waals surface area contributed by atoms with Crippen molar-refractivity contribution in [3.05, 3.63) is 59.9 Å². The van der Waals surface area contributed by atoms with Crippen LogP contribution in [0.4, 0.5) is 15.8 Å². The number of aldehydes is 1. The van der Waals surface area contributed by atoms with E-state index in [-0.39, 0.29) is 5.69 Å². The first-order chi connectivity index (χ1) is 10.2. The molecule has 1 unspecified atom stereocenters. The van der Waals surface area contributed by atoms with Gasteiger partial charge in [-0.1, -0.05) is 24.3 Å². The Balaban J connectivity index is 1.91. The second-order valence-corrected chi connectivity index (χ2v) is 4.43. The average molecular weight is 286 g/mol. The molecule has 6 heteroatoms. The van der Waals surface area contributed by atoms with Gasteiger partial charge in [-0.05, 0) is 24.3 Å². The van der Waals surface area contributed by atoms with Gasteiger partial charge in [0, 0.05) is 0 Å². The molecule has 1 aliphatic rings. The SMILES string of the molecule is O=CC1Nc2cccc(F)c2N1OC(=O)c1ccccc1. The number of fused-ring (bicyclic) bond motifs is 1. The molecule has 0 saturated carbocycles. The van der Waals surface area contributed by atoms with Crippen molar-refractivity contribution < 1.29 is 18.8 Å². The highest BCUT2D eigenvalue weighted by Crippen LogP contribution is 2.36. The molecule has 0 saturated heterocycles. The zero-order chi connectivity index (χ0) is 14.8. The summed E-state index contributed by atoms with van der Waals surface area (Å²) in [5, 5.41) is 3.72. The van der Waals surface area contributed by atoms with Crippen LogP contribution < -0.4 is 10.4 Å². The van der Waals surface area contributed by atoms with Crippen LogP contribution in [0.25, 0.3) is 0 Å². The van der Waals surface area contributed by atoms with Crippen LogP contribution in [-0.2, 0) is 9.63 Å². The highest BCUT2D eigenvalue weighted by atomic mass is 19.1. The predicted molar refractivity (Wildman–Crippen MR) is 74.2 cm³/mol. The molecule has 5 nitrogen and oxygen atoms in total. The highest BCUT2D eigenvalue weighted by Gasteiger charge is 2.34. The van der Waals surface area contributed by atoms with Crippen LogP contribution in [0.5, 0.6) is 0 Å². The van der Waals surface area contributed by atoms with Gasteiger partial charge in [0.2, 0.25) is 0 Å². The third-order valence-electron chi connectivity index (χ3n) is 3.08. The van der Waals surface area contributed by atoms with Gasteiger partial charge in [0.25, 0.3) is 0 Å². The van der Waals surface area contributed by atoms with E-state index in [1.165, 1.54) is 12.1 Å². The molecule has 1 atom stereocenters. The number of nitrogens with one attached hydrogen (secondary N) is 1. The maximum Gasteiger partial charge on any atom is 0.363 e. The number of carbonyl (C=O) groups is 2. The van der Waals surface area contributed by atoms with Gasteiger partial charge in [0.05, 0.1) is 11.3 Å². The molecule has 0 spiro atoms. The first kappa shape index (κ1) is 13.1. The highest BCUT2D eigenvalue weighted by molar-refractivity contribution is 5.92. The number of nitrogens with zero attached hydrogens (tertiary/aromatic N) is 1. The summed E-state index contributed by atoms with van der Waals surface area (Å²) in [7, 11) is 0. The van der Waals surface area contributed by atoms with Crippen LogP contribution in [0.2, 0.25) is 0 Å². The molecule has 21 heavy (non-hydrogen) atoms. The fourth-order valence-electron chi connectivity index (χ4n) is 2.12. The van der Waals surface area contributed by atoms with Gasteiger partial charge in [-0.2, -0.15) is 5.06 Å². The minimum atomic E-state index is -0.954. The third-order valence-corrected chi connectivity index (χ3v) is 3.08. The predicted octanol–water partition coefficient (Wildman–Crippen LogP) is 2.35. The van der Waals surface area contributed by atoms with E-state index in [9.17, 15) is 14.0 Å². The summed E-state index contributed by atoms with van der Waals surface area (Å²) in [5.41, 5.74) is 0.749. The van der Waals surface area contributed by atoms with Crippen molar-refractivity contribution in [2.24, 2.45) is 0 Å². The summed E-state index contributed by atoms with van der Waals surface area (Å²) in [4.78, 5) is 28.3. The van der Waals surface area contributed by atoms with Crippen molar-refractivity contribution in [3.8, 4) is 0 Å². The summed E-state index contributed by atoms with van der Waals surface area (Å²) < 4.78 is 13.9. The molecule has 106 valence electrons. The van der Waals surface area contributed by atoms with Crippen LogP contribution in [0, 0.1) is 5.82 Å². The van der Waals surface area contributed by atoms with Crippen LogP contribution in [-0.4, -0.2) is 18.4 Å². The zero-order valence-corrected chi connectivity index (χ0v) is 10.8. The van der Waals surface area contributed by atoms with Crippen LogP contribution in [0.1, 0.15) is 10.4 Å². The third kappa shape index (κ3) is 2.31. The molecule has 0 aromatic heterocycles. The molecule has 2 aromatic carbocycles. The minimum absolute atomic E-state index is 0.0406. The van der Waals surface area contributed by atoms with Gasteiger partial charge in [0.15, 0.2) is 18.3 Å². The van der Waals surface area contributed by atoms with E-state index in [0.717, 1.165) is 5.06 Å². The number of hydrogen-bond acceptors (Lipinski definition) is 5. The molecule has 2 aromatic rings. The number of halogens is 1. The Kier molecular flexibility index (Phi) is 3.27. The molecule has 0 amide bonds. The fourth-order valence-corrected chi connectivity index (χ4v) is 2.12. The number of rotatable bonds is 3. The van der Waals surface area contributed by atoms with Crippen molar-refractivity contribution in [2.75, 3.05) is 10.4 Å². The smallest absolute Gasteiger partial charge is 0.355 e. The van der Waals surface area contributed by atoms with Crippen LogP contribution >= 0.6 is 0 Å². The molecule has 1 heterocycles. The molecule has 1 aliphatic heterocycles. The fraction of sp³-hybridized carbons (Fsp3) is 0.0667. The van der Waals surface area contributed by atoms with Crippen molar-refractivity contribution >= 4 is 23.6 Å². The van der Waals surface area contributed by atoms with Gasteiger partial charge in [-0.15, -0.1) is 0 Å². The molecular weight excluding hydrogens is 275 g/mol. The van der Waals surface area contributed by atoms with E-state index in [2.05, 4.69) is 5.32 Å². The van der Waals surface area contributed by atoms with E-state index in [0.29, 0.717) is 17.5 Å². The van der Waals surface area contributed by atoms with Gasteiger partial charge >= 0.3 is 5.97 Å². The summed E-state index contributed by atoms with van der Waals surface area (Å²) in [6, 6.07) is 12.6. The number of hydrogen-bond donors (Lipinski definition) is 1. The number of carbonyl (C=O) groups excluding carboxylic acids is 2. The van der Waals surface area contributed by atoms with E-state index in [4.69, 9.17) is 4.84 Å². The summed E-state index contributed by atoms with van der Waals surface area (Å²) >= 11 is 0. The Labute approximate surface area is 119 Å². The van der Waals surface area contributed by atoms with E-state index in [1.807, 2.05) is 0 Å². The lowest BCUT2D eigenvalue weighted by atomic mass is 10.2. The summed E-state index contributed by atoms with van der Waals surface area (Å²) in [6.07, 6.45) is -0.415. The Morgan fingerprint density at radius 3 is 2.67 bits per heavy atom. The summed E-state index contributed by atoms with van der Waals surface area (Å²) in [5.74, 6) is -1.24. The van der Waals surface area contributed by atoms with Gasteiger partial charge in [-0.25, -0.2) is 9.18 Å². The first-order valence-electron chi connectivity index (χ1n) is 6.27. The van der Waals surface area contributed by atoms with Gasteiger partial charge in [0.1, 0.15) is 5.69 Å². The Hall–Kier alpha value is -2.89. The quantitative estimate of drug-likeness (QED) is 0.878. The molecule has 0 bridgehead atoms. The number of benzene rings is 2. The normalized spacial score (nSPS) is 16.0. The Morgan fingerprint density at radius 2 is 1.95 bits per heavy atom. The second kappa shape index (κ2) is 5.24. The number of anilines is 2. The minimum Gasteiger partial charge on any atom is -0.355 e. The lowest BCUT2D eigenvalue weighted by molar-refractivity contribution is -0.109. The van der Waals surface area contributed by atoms with Crippen LogP contribution in [0.3, 0.4) is 0 Å². The first-order valence-corrected chi connectivity index (χ1v) is 6.27. The zero-order valence-electron chi connectivity index (χ0n) is 10.8. The van der Waals surface area contributed by atoms with Crippen molar-refractivity contribution in [1.82, 2.24) is 0 Å². The number of para-hydroxylation sites is 1. The lowest BCUT2D eigenvalue weighted by Crippen LogP contribution is -2.39. The molecular formula is C15H11FN2O3. The number of hydroxylamine groups is 1. The molecule has 3 rings (SSSR count). The van der Waals surface area contributed by atoms with E-state index < -0.39 is 18.0 Å². The molecule has 1 N–H and O–H groups in total. The average Bonchev–Trinajstić information content (AvgIpc) is 2.87. The maximum absolute atomic E-state index is 13.9. The maximum atomic E-state index is 13.9. The van der Waals surface area contributed by atoms with Crippen molar-refractivity contribution in [2.45, 2.75) is 6.17 Å². The lowest BCUT2D eigenvalue weighted by Gasteiger charge is -2.21. The monoisotopic (exact) mass is 286 g/mol. The van der Waals surface area contributed by atoms with E-state index >= 15 is 0 Å². The van der Waals surface area contributed by atoms with E-state index in [1.54, 1.807) is 36.4 Å². The molecule has 0 radical (unpaired) electrons. The van der Waals surface area contributed by atoms with Crippen molar-refractivity contribution in [1.29, 1.82) is 0 Å². The van der Waals surface area contributed by atoms with Crippen LogP contribution in [0.15, 0.2) is 48.5 Å². The van der Waals surface area contributed by atoms with Crippen molar-refractivity contribution in [3.63, 3.8) is 0 Å². The Morgan fingerprint density at radius 1 is 1.19 bits per heavy atom. The summed E-state index contributed by atoms with van der Waals surface area (Å²) in [6.45, 7) is 0. The molecule has 0 fully saturated rings.